The summed E-state index contributed by atoms with van der Waals surface area (Å²) >= 11 is 0. The van der Waals surface area contributed by atoms with E-state index in [2.05, 4.69) is 4.74 Å². The number of nitrogens with zero attached hydrogens (tertiary/aromatic N) is 2. The minimum atomic E-state index is -0.708. The average molecular weight is 306 g/mol. The van der Waals surface area contributed by atoms with Crippen LogP contribution in [0.25, 0.3) is 0 Å². The Morgan fingerprint density at radius 2 is 1.70 bits per heavy atom. The molecule has 3 rings (SSSR count). The standard InChI is InChI=1S/C17H10N2O4/c1-23-17(22)14-8-11(7-6-10(14)9-18)19-15(20)12-4-2-3-5-13(12)16(19)21/h2-8H,1H3. The zero-order chi connectivity index (χ0) is 16.6. The van der Waals surface area contributed by atoms with E-state index < -0.39 is 17.8 Å². The van der Waals surface area contributed by atoms with Crippen LogP contribution in [0.1, 0.15) is 36.6 Å². The number of anilines is 1. The first-order valence-electron chi connectivity index (χ1n) is 6.68. The SMILES string of the molecule is COC(=O)c1cc(N2C(=O)c3ccccc3C2=O)ccc1C#N. The summed E-state index contributed by atoms with van der Waals surface area (Å²) in [5.41, 5.74) is 0.944. The fraction of sp³-hybridized carbons (Fsp3) is 0.0588. The van der Waals surface area contributed by atoms with E-state index in [4.69, 9.17) is 5.26 Å². The Bertz CT molecular complexity index is 861. The van der Waals surface area contributed by atoms with Crippen molar-refractivity contribution in [3.8, 4) is 6.07 Å². The minimum absolute atomic E-state index is 0.00376. The number of fused-ring (bicyclic) bond motifs is 1. The molecule has 0 fully saturated rings. The number of hydrogen-bond donors (Lipinski definition) is 0. The molecule has 2 aromatic rings. The molecule has 0 atom stereocenters. The maximum absolute atomic E-state index is 12.4. The summed E-state index contributed by atoms with van der Waals surface area (Å²) in [7, 11) is 1.19. The van der Waals surface area contributed by atoms with Crippen LogP contribution in [0.15, 0.2) is 42.5 Å². The predicted molar refractivity (Wildman–Crippen MR) is 80.1 cm³/mol. The Hall–Kier alpha value is -3.46. The lowest BCUT2D eigenvalue weighted by atomic mass is 10.1. The molecule has 6 heteroatoms. The average Bonchev–Trinajstić information content (AvgIpc) is 2.85. The van der Waals surface area contributed by atoms with E-state index >= 15 is 0 Å². The van der Waals surface area contributed by atoms with Crippen LogP contribution in [0, 0.1) is 11.3 Å². The number of nitriles is 1. The van der Waals surface area contributed by atoms with Crippen molar-refractivity contribution in [2.24, 2.45) is 0 Å². The second-order valence-electron chi connectivity index (χ2n) is 4.82. The molecule has 112 valence electrons. The number of rotatable bonds is 2. The lowest BCUT2D eigenvalue weighted by molar-refractivity contribution is 0.0599. The topological polar surface area (TPSA) is 87.5 Å². The molecule has 0 aliphatic carbocycles. The number of imide groups is 1. The van der Waals surface area contributed by atoms with Crippen molar-refractivity contribution >= 4 is 23.5 Å². The molecule has 2 aromatic carbocycles. The Morgan fingerprint density at radius 1 is 1.09 bits per heavy atom. The zero-order valence-electron chi connectivity index (χ0n) is 12.1. The van der Waals surface area contributed by atoms with Crippen molar-refractivity contribution in [1.29, 1.82) is 5.26 Å². The van der Waals surface area contributed by atoms with Crippen LogP contribution in [-0.4, -0.2) is 24.9 Å². The van der Waals surface area contributed by atoms with Gasteiger partial charge in [0.2, 0.25) is 0 Å². The van der Waals surface area contributed by atoms with Gasteiger partial charge in [-0.2, -0.15) is 5.26 Å². The molecule has 0 spiro atoms. The van der Waals surface area contributed by atoms with Gasteiger partial charge < -0.3 is 4.74 Å². The highest BCUT2D eigenvalue weighted by Crippen LogP contribution is 2.29. The molecule has 0 saturated heterocycles. The second-order valence-corrected chi connectivity index (χ2v) is 4.82. The molecule has 1 aliphatic heterocycles. The van der Waals surface area contributed by atoms with Gasteiger partial charge in [-0.1, -0.05) is 12.1 Å². The molecule has 0 saturated carbocycles. The maximum Gasteiger partial charge on any atom is 0.339 e. The van der Waals surface area contributed by atoms with Gasteiger partial charge in [-0.15, -0.1) is 0 Å². The zero-order valence-corrected chi connectivity index (χ0v) is 12.1. The number of ether oxygens (including phenoxy) is 1. The van der Waals surface area contributed by atoms with Crippen molar-refractivity contribution in [3.63, 3.8) is 0 Å². The van der Waals surface area contributed by atoms with Crippen LogP contribution >= 0.6 is 0 Å². The van der Waals surface area contributed by atoms with Crippen molar-refractivity contribution in [2.75, 3.05) is 12.0 Å². The van der Waals surface area contributed by atoms with Crippen LogP contribution in [0.4, 0.5) is 5.69 Å². The first kappa shape index (κ1) is 14.5. The van der Waals surface area contributed by atoms with Gasteiger partial charge in [0.1, 0.15) is 6.07 Å². The minimum Gasteiger partial charge on any atom is -0.465 e. The lowest BCUT2D eigenvalue weighted by Gasteiger charge is -2.15. The molecule has 0 aromatic heterocycles. The number of amides is 2. The number of esters is 1. The fourth-order valence-electron chi connectivity index (χ4n) is 2.47. The number of methoxy groups -OCH3 is 1. The van der Waals surface area contributed by atoms with E-state index in [9.17, 15) is 14.4 Å². The summed E-state index contributed by atoms with van der Waals surface area (Å²) < 4.78 is 4.63. The van der Waals surface area contributed by atoms with Gasteiger partial charge in [-0.25, -0.2) is 9.69 Å². The van der Waals surface area contributed by atoms with E-state index in [1.54, 1.807) is 24.3 Å². The lowest BCUT2D eigenvalue weighted by Crippen LogP contribution is -2.29. The third-order valence-electron chi connectivity index (χ3n) is 3.58. The molecule has 1 heterocycles. The van der Waals surface area contributed by atoms with Crippen LogP contribution < -0.4 is 4.90 Å². The van der Waals surface area contributed by atoms with Crippen molar-refractivity contribution in [2.45, 2.75) is 0 Å². The molecule has 23 heavy (non-hydrogen) atoms. The Labute approximate surface area is 131 Å². The second kappa shape index (κ2) is 5.39. The molecule has 6 nitrogen and oxygen atoms in total. The highest BCUT2D eigenvalue weighted by atomic mass is 16.5. The Morgan fingerprint density at radius 3 is 2.22 bits per heavy atom. The monoisotopic (exact) mass is 306 g/mol. The number of hydrogen-bond acceptors (Lipinski definition) is 5. The fourth-order valence-corrected chi connectivity index (χ4v) is 2.47. The summed E-state index contributed by atoms with van der Waals surface area (Å²) in [5.74, 6) is -1.64. The van der Waals surface area contributed by atoms with E-state index in [-0.39, 0.29) is 16.8 Å². The number of benzene rings is 2. The summed E-state index contributed by atoms with van der Waals surface area (Å²) in [6, 6.07) is 12.5. The van der Waals surface area contributed by atoms with Gasteiger partial charge in [0.15, 0.2) is 0 Å². The Balaban J connectivity index is 2.11. The number of carbonyl (C=O) groups excluding carboxylic acids is 3. The quantitative estimate of drug-likeness (QED) is 0.626. The first-order chi connectivity index (χ1) is 11.1. The predicted octanol–water partition coefficient (Wildman–Crippen LogP) is 2.15. The van der Waals surface area contributed by atoms with Crippen LogP contribution in [-0.2, 0) is 4.74 Å². The van der Waals surface area contributed by atoms with Gasteiger partial charge in [0, 0.05) is 0 Å². The smallest absolute Gasteiger partial charge is 0.339 e. The molecule has 0 unspecified atom stereocenters. The van der Waals surface area contributed by atoms with E-state index in [1.165, 1.54) is 25.3 Å². The van der Waals surface area contributed by atoms with Gasteiger partial charge in [-0.05, 0) is 30.3 Å². The third kappa shape index (κ3) is 2.15. The van der Waals surface area contributed by atoms with Crippen LogP contribution in [0.2, 0.25) is 0 Å². The third-order valence-corrected chi connectivity index (χ3v) is 3.58. The van der Waals surface area contributed by atoms with Gasteiger partial charge in [-0.3, -0.25) is 9.59 Å². The summed E-state index contributed by atoms with van der Waals surface area (Å²) in [6.07, 6.45) is 0. The molecular formula is C17H10N2O4. The van der Waals surface area contributed by atoms with Crippen LogP contribution in [0.5, 0.6) is 0 Å². The largest absolute Gasteiger partial charge is 0.465 e. The summed E-state index contributed by atoms with van der Waals surface area (Å²) in [5, 5.41) is 9.06. The molecule has 0 N–H and O–H groups in total. The van der Waals surface area contributed by atoms with Gasteiger partial charge in [0.05, 0.1) is 35.1 Å². The van der Waals surface area contributed by atoms with E-state index in [0.717, 1.165) is 4.90 Å². The number of carbonyl (C=O) groups is 3. The van der Waals surface area contributed by atoms with Crippen LogP contribution in [0.3, 0.4) is 0 Å². The van der Waals surface area contributed by atoms with Crippen molar-refractivity contribution in [1.82, 2.24) is 0 Å². The molecular weight excluding hydrogens is 296 g/mol. The van der Waals surface area contributed by atoms with E-state index in [0.29, 0.717) is 11.1 Å². The summed E-state index contributed by atoms with van der Waals surface area (Å²) in [6.45, 7) is 0. The maximum atomic E-state index is 12.4. The summed E-state index contributed by atoms with van der Waals surface area (Å²) in [4.78, 5) is 37.6. The van der Waals surface area contributed by atoms with E-state index in [1.807, 2.05) is 6.07 Å². The molecule has 2 amide bonds. The van der Waals surface area contributed by atoms with Crippen molar-refractivity contribution < 1.29 is 19.1 Å². The van der Waals surface area contributed by atoms with Gasteiger partial charge in [0.25, 0.3) is 11.8 Å². The molecule has 1 aliphatic rings. The van der Waals surface area contributed by atoms with Crippen molar-refractivity contribution in [3.05, 3.63) is 64.7 Å². The highest BCUT2D eigenvalue weighted by Gasteiger charge is 2.36. The Kier molecular flexibility index (Phi) is 3.39. The molecule has 0 bridgehead atoms. The first-order valence-corrected chi connectivity index (χ1v) is 6.68. The van der Waals surface area contributed by atoms with Gasteiger partial charge >= 0.3 is 5.97 Å². The normalized spacial score (nSPS) is 12.8. The molecule has 0 radical (unpaired) electrons. The highest BCUT2D eigenvalue weighted by molar-refractivity contribution is 6.34.